The van der Waals surface area contributed by atoms with E-state index < -0.39 is 17.8 Å². The van der Waals surface area contributed by atoms with Crippen LogP contribution in [0.15, 0.2) is 0 Å². The minimum atomic E-state index is -0.844. The fraction of sp³-hybridized carbons (Fsp3) is 0.909. The van der Waals surface area contributed by atoms with Gasteiger partial charge in [-0.3, -0.25) is 9.59 Å². The summed E-state index contributed by atoms with van der Waals surface area (Å²) < 4.78 is 5.86. The summed E-state index contributed by atoms with van der Waals surface area (Å²) in [6.45, 7) is 6.66. The second-order valence-corrected chi connectivity index (χ2v) is 8.42. The van der Waals surface area contributed by atoms with Crippen LogP contribution in [0.5, 0.6) is 0 Å². The summed E-state index contributed by atoms with van der Waals surface area (Å²) in [5, 5.41) is 9.41. The molecule has 152 valence electrons. The molecule has 1 aliphatic carbocycles. The van der Waals surface area contributed by atoms with Gasteiger partial charge in [-0.1, -0.05) is 65.7 Å². The van der Waals surface area contributed by atoms with Crippen LogP contribution >= 0.6 is 0 Å². The van der Waals surface area contributed by atoms with Crippen molar-refractivity contribution in [3.63, 3.8) is 0 Å². The third-order valence-corrected chi connectivity index (χ3v) is 5.61. The number of ether oxygens (including phenoxy) is 1. The summed E-state index contributed by atoms with van der Waals surface area (Å²) in [7, 11) is 0. The molecule has 1 rings (SSSR count). The largest absolute Gasteiger partial charge is 0.481 e. The third-order valence-electron chi connectivity index (χ3n) is 5.61. The zero-order valence-electron chi connectivity index (χ0n) is 17.2. The molecule has 0 aromatic heterocycles. The smallest absolute Gasteiger partial charge is 0.310 e. The highest BCUT2D eigenvalue weighted by atomic mass is 16.5. The van der Waals surface area contributed by atoms with Gasteiger partial charge in [0.05, 0.1) is 11.8 Å². The maximum Gasteiger partial charge on any atom is 0.310 e. The Kier molecular flexibility index (Phi) is 11.6. The summed E-state index contributed by atoms with van der Waals surface area (Å²) in [4.78, 5) is 24.1. The zero-order valence-corrected chi connectivity index (χ0v) is 17.2. The van der Waals surface area contributed by atoms with Crippen LogP contribution in [0.1, 0.15) is 104 Å². The lowest BCUT2D eigenvalue weighted by atomic mass is 9.79. The van der Waals surface area contributed by atoms with Crippen LogP contribution in [0.25, 0.3) is 0 Å². The summed E-state index contributed by atoms with van der Waals surface area (Å²) in [5.41, 5.74) is 0. The van der Waals surface area contributed by atoms with Crippen molar-refractivity contribution in [3.8, 4) is 0 Å². The Labute approximate surface area is 160 Å². The molecule has 3 atom stereocenters. The van der Waals surface area contributed by atoms with E-state index in [9.17, 15) is 14.7 Å². The first-order valence-electron chi connectivity index (χ1n) is 10.9. The van der Waals surface area contributed by atoms with E-state index in [1.165, 1.54) is 32.1 Å². The Balaban J connectivity index is 2.54. The Bertz CT molecular complexity index is 405. The summed E-state index contributed by atoms with van der Waals surface area (Å²) in [5.74, 6) is -1.41. The minimum absolute atomic E-state index is 0.0390. The van der Waals surface area contributed by atoms with Gasteiger partial charge in [0.1, 0.15) is 6.10 Å². The van der Waals surface area contributed by atoms with Crippen LogP contribution in [0.2, 0.25) is 0 Å². The molecule has 26 heavy (non-hydrogen) atoms. The predicted octanol–water partition coefficient (Wildman–Crippen LogP) is 5.98. The number of carboxylic acid groups (broad SMARTS) is 1. The molecule has 3 unspecified atom stereocenters. The molecule has 0 aromatic carbocycles. The normalized spacial score (nSPS) is 21.5. The van der Waals surface area contributed by atoms with E-state index in [1.54, 1.807) is 0 Å². The molecule has 0 aromatic rings. The van der Waals surface area contributed by atoms with Crippen LogP contribution in [-0.2, 0) is 14.3 Å². The first-order valence-corrected chi connectivity index (χ1v) is 10.9. The van der Waals surface area contributed by atoms with Gasteiger partial charge in [-0.15, -0.1) is 0 Å². The van der Waals surface area contributed by atoms with E-state index in [0.29, 0.717) is 18.8 Å². The van der Waals surface area contributed by atoms with Crippen molar-refractivity contribution < 1.29 is 19.4 Å². The van der Waals surface area contributed by atoms with E-state index >= 15 is 0 Å². The Hall–Kier alpha value is -1.06. The zero-order chi connectivity index (χ0) is 19.4. The SMILES string of the molecule is CCCCCCC(CCCCC(C)C)OC(=O)C1CCCCC1C(=O)O. The second-order valence-electron chi connectivity index (χ2n) is 8.42. The maximum absolute atomic E-state index is 12.7. The number of carbonyl (C=O) groups excluding carboxylic acids is 1. The van der Waals surface area contributed by atoms with Crippen LogP contribution in [0, 0.1) is 17.8 Å². The fourth-order valence-corrected chi connectivity index (χ4v) is 3.95. The average molecular weight is 369 g/mol. The molecule has 4 heteroatoms. The van der Waals surface area contributed by atoms with Crippen molar-refractivity contribution in [2.75, 3.05) is 0 Å². The molecule has 4 nitrogen and oxygen atoms in total. The highest BCUT2D eigenvalue weighted by Crippen LogP contribution is 2.32. The molecule has 0 spiro atoms. The molecule has 1 aliphatic rings. The molecule has 0 radical (unpaired) electrons. The summed E-state index contributed by atoms with van der Waals surface area (Å²) in [6, 6.07) is 0. The second kappa shape index (κ2) is 13.2. The third kappa shape index (κ3) is 9.05. The fourth-order valence-electron chi connectivity index (χ4n) is 3.95. The monoisotopic (exact) mass is 368 g/mol. The summed E-state index contributed by atoms with van der Waals surface area (Å²) in [6.07, 6.45) is 13.0. The van der Waals surface area contributed by atoms with Gasteiger partial charge in [0.2, 0.25) is 0 Å². The van der Waals surface area contributed by atoms with Gasteiger partial charge in [0.15, 0.2) is 0 Å². The Morgan fingerprint density at radius 3 is 2.08 bits per heavy atom. The van der Waals surface area contributed by atoms with Crippen molar-refractivity contribution >= 4 is 11.9 Å². The average Bonchev–Trinajstić information content (AvgIpc) is 2.61. The van der Waals surface area contributed by atoms with Crippen molar-refractivity contribution in [1.29, 1.82) is 0 Å². The quantitative estimate of drug-likeness (QED) is 0.321. The maximum atomic E-state index is 12.7. The van der Waals surface area contributed by atoms with Gasteiger partial charge in [0.25, 0.3) is 0 Å². The van der Waals surface area contributed by atoms with Crippen molar-refractivity contribution in [1.82, 2.24) is 0 Å². The lowest BCUT2D eigenvalue weighted by Gasteiger charge is -2.29. The minimum Gasteiger partial charge on any atom is -0.481 e. The molecule has 1 N–H and O–H groups in total. The van der Waals surface area contributed by atoms with Crippen molar-refractivity contribution in [2.24, 2.45) is 17.8 Å². The molecular weight excluding hydrogens is 328 g/mol. The molecule has 1 fully saturated rings. The van der Waals surface area contributed by atoms with Gasteiger partial charge >= 0.3 is 11.9 Å². The van der Waals surface area contributed by atoms with Gasteiger partial charge in [-0.2, -0.15) is 0 Å². The van der Waals surface area contributed by atoms with Gasteiger partial charge in [-0.25, -0.2) is 0 Å². The van der Waals surface area contributed by atoms with Crippen LogP contribution in [0.3, 0.4) is 0 Å². The molecule has 0 saturated heterocycles. The number of carboxylic acids is 1. The first-order chi connectivity index (χ1) is 12.5. The van der Waals surface area contributed by atoms with E-state index in [0.717, 1.165) is 38.5 Å². The topological polar surface area (TPSA) is 63.6 Å². The number of unbranched alkanes of at least 4 members (excludes halogenated alkanes) is 4. The molecule has 0 heterocycles. The van der Waals surface area contributed by atoms with Crippen molar-refractivity contribution in [3.05, 3.63) is 0 Å². The number of hydrogen-bond donors (Lipinski definition) is 1. The molecule has 0 bridgehead atoms. The molecule has 0 amide bonds. The van der Waals surface area contributed by atoms with Crippen LogP contribution in [-0.4, -0.2) is 23.1 Å². The van der Waals surface area contributed by atoms with E-state index in [2.05, 4.69) is 20.8 Å². The highest BCUT2D eigenvalue weighted by molar-refractivity contribution is 5.81. The summed E-state index contributed by atoms with van der Waals surface area (Å²) >= 11 is 0. The van der Waals surface area contributed by atoms with Gasteiger partial charge < -0.3 is 9.84 Å². The van der Waals surface area contributed by atoms with E-state index in [1.807, 2.05) is 0 Å². The molecule has 0 aliphatic heterocycles. The predicted molar refractivity (Wildman–Crippen MR) is 105 cm³/mol. The first kappa shape index (κ1) is 23.0. The van der Waals surface area contributed by atoms with E-state index in [-0.39, 0.29) is 12.1 Å². The van der Waals surface area contributed by atoms with Crippen LogP contribution < -0.4 is 0 Å². The van der Waals surface area contributed by atoms with Crippen molar-refractivity contribution in [2.45, 2.75) is 110 Å². The molecule has 1 saturated carbocycles. The van der Waals surface area contributed by atoms with Gasteiger partial charge in [0, 0.05) is 0 Å². The standard InChI is InChI=1S/C22H40O4/c1-4-5-6-7-13-18(14-9-8-12-17(2)3)26-22(25)20-16-11-10-15-19(20)21(23)24/h17-20H,4-16H2,1-3H3,(H,23,24). The lowest BCUT2D eigenvalue weighted by molar-refractivity contribution is -0.164. The van der Waals surface area contributed by atoms with Crippen LogP contribution in [0.4, 0.5) is 0 Å². The number of rotatable bonds is 13. The van der Waals surface area contributed by atoms with E-state index in [4.69, 9.17) is 4.74 Å². The number of esters is 1. The Morgan fingerprint density at radius 1 is 0.923 bits per heavy atom. The molecular formula is C22H40O4. The Morgan fingerprint density at radius 2 is 1.50 bits per heavy atom. The number of aliphatic carboxylic acids is 1. The number of carbonyl (C=O) groups is 2. The lowest BCUT2D eigenvalue weighted by Crippen LogP contribution is -2.35. The number of hydrogen-bond acceptors (Lipinski definition) is 3. The van der Waals surface area contributed by atoms with Gasteiger partial charge in [-0.05, 0) is 44.4 Å². The highest BCUT2D eigenvalue weighted by Gasteiger charge is 2.37.